The molecule has 0 aliphatic heterocycles. The summed E-state index contributed by atoms with van der Waals surface area (Å²) in [5, 5.41) is 5.64. The Morgan fingerprint density at radius 3 is 2.60 bits per heavy atom. The van der Waals surface area contributed by atoms with Crippen LogP contribution in [0.25, 0.3) is 0 Å². The topological polar surface area (TPSA) is 24.1 Å². The van der Waals surface area contributed by atoms with Crippen LogP contribution in [0.4, 0.5) is 18.9 Å². The molecule has 1 rings (SSSR count). The quantitative estimate of drug-likeness (QED) is 0.599. The molecule has 0 aliphatic rings. The zero-order valence-electron chi connectivity index (χ0n) is 11.0. The SMILES string of the molecule is CCCCCNC(=S)Nc1ccc(Cl)c(C(F)(F)F)c1. The summed E-state index contributed by atoms with van der Waals surface area (Å²) in [6, 6.07) is 3.60. The standard InChI is InChI=1S/C13H16ClF3N2S/c1-2-3-4-7-18-12(20)19-9-5-6-11(14)10(8-9)13(15,16)17/h5-6,8H,2-4,7H2,1H3,(H2,18,19,20). The highest BCUT2D eigenvalue weighted by atomic mass is 35.5. The fraction of sp³-hybridized carbons (Fsp3) is 0.462. The van der Waals surface area contributed by atoms with E-state index in [9.17, 15) is 13.2 Å². The molecule has 0 aromatic heterocycles. The fourth-order valence-corrected chi connectivity index (χ4v) is 2.02. The molecule has 112 valence electrons. The van der Waals surface area contributed by atoms with Gasteiger partial charge in [0.25, 0.3) is 0 Å². The number of thiocarbonyl (C=S) groups is 1. The summed E-state index contributed by atoms with van der Waals surface area (Å²) in [7, 11) is 0. The first kappa shape index (κ1) is 17.0. The molecule has 7 heteroatoms. The van der Waals surface area contributed by atoms with Gasteiger partial charge in [-0.3, -0.25) is 0 Å². The lowest BCUT2D eigenvalue weighted by atomic mass is 10.2. The Balaban J connectivity index is 2.62. The van der Waals surface area contributed by atoms with Crippen molar-refractivity contribution in [1.82, 2.24) is 5.32 Å². The van der Waals surface area contributed by atoms with Crippen molar-refractivity contribution in [2.75, 3.05) is 11.9 Å². The third kappa shape index (κ3) is 5.54. The molecule has 0 saturated heterocycles. The molecule has 0 atom stereocenters. The summed E-state index contributed by atoms with van der Waals surface area (Å²) < 4.78 is 38.1. The van der Waals surface area contributed by atoms with Gasteiger partial charge in [-0.1, -0.05) is 31.4 Å². The number of rotatable bonds is 5. The Morgan fingerprint density at radius 2 is 2.00 bits per heavy atom. The summed E-state index contributed by atoms with van der Waals surface area (Å²) in [5.41, 5.74) is -0.618. The number of halogens is 4. The van der Waals surface area contributed by atoms with Crippen LogP contribution in [0.3, 0.4) is 0 Å². The van der Waals surface area contributed by atoms with Gasteiger partial charge < -0.3 is 10.6 Å². The average Bonchev–Trinajstić information content (AvgIpc) is 2.36. The minimum absolute atomic E-state index is 0.259. The van der Waals surface area contributed by atoms with E-state index in [1.54, 1.807) is 0 Å². The monoisotopic (exact) mass is 324 g/mol. The Morgan fingerprint density at radius 1 is 1.30 bits per heavy atom. The molecule has 0 radical (unpaired) electrons. The molecular formula is C13H16ClF3N2S. The zero-order chi connectivity index (χ0) is 15.2. The number of alkyl halides is 3. The predicted molar refractivity (Wildman–Crippen MR) is 80.2 cm³/mol. The van der Waals surface area contributed by atoms with Crippen LogP contribution in [0.15, 0.2) is 18.2 Å². The van der Waals surface area contributed by atoms with Gasteiger partial charge in [0.05, 0.1) is 10.6 Å². The van der Waals surface area contributed by atoms with Crippen molar-refractivity contribution >= 4 is 34.6 Å². The molecule has 0 spiro atoms. The highest BCUT2D eigenvalue weighted by Crippen LogP contribution is 2.36. The maximum atomic E-state index is 12.7. The van der Waals surface area contributed by atoms with Crippen molar-refractivity contribution in [2.24, 2.45) is 0 Å². The molecule has 2 N–H and O–H groups in total. The second kappa shape index (κ2) is 7.69. The summed E-state index contributed by atoms with van der Waals surface area (Å²) in [5.74, 6) is 0. The van der Waals surface area contributed by atoms with Crippen molar-refractivity contribution in [3.05, 3.63) is 28.8 Å². The molecule has 2 nitrogen and oxygen atoms in total. The molecule has 0 aliphatic carbocycles. The summed E-state index contributed by atoms with van der Waals surface area (Å²) in [6.07, 6.45) is -1.35. The molecule has 0 bridgehead atoms. The zero-order valence-corrected chi connectivity index (χ0v) is 12.6. The van der Waals surface area contributed by atoms with Crippen molar-refractivity contribution in [3.63, 3.8) is 0 Å². The average molecular weight is 325 g/mol. The summed E-state index contributed by atoms with van der Waals surface area (Å²) in [6.45, 7) is 2.78. The van der Waals surface area contributed by atoms with Gasteiger partial charge in [0, 0.05) is 12.2 Å². The number of unbranched alkanes of at least 4 members (excludes halogenated alkanes) is 2. The maximum Gasteiger partial charge on any atom is 0.417 e. The number of benzene rings is 1. The van der Waals surface area contributed by atoms with Crippen LogP contribution < -0.4 is 10.6 Å². The lowest BCUT2D eigenvalue weighted by Gasteiger charge is -2.13. The minimum Gasteiger partial charge on any atom is -0.362 e. The first-order chi connectivity index (χ1) is 9.34. The highest BCUT2D eigenvalue weighted by Gasteiger charge is 2.33. The molecule has 0 amide bonds. The lowest BCUT2D eigenvalue weighted by molar-refractivity contribution is -0.137. The molecule has 20 heavy (non-hydrogen) atoms. The lowest BCUT2D eigenvalue weighted by Crippen LogP contribution is -2.29. The largest absolute Gasteiger partial charge is 0.417 e. The summed E-state index contributed by atoms with van der Waals surface area (Å²) >= 11 is 10.6. The van der Waals surface area contributed by atoms with E-state index >= 15 is 0 Å². The smallest absolute Gasteiger partial charge is 0.362 e. The highest BCUT2D eigenvalue weighted by molar-refractivity contribution is 7.80. The van der Waals surface area contributed by atoms with Gasteiger partial charge in [0.1, 0.15) is 0 Å². The van der Waals surface area contributed by atoms with Crippen molar-refractivity contribution in [2.45, 2.75) is 32.4 Å². The third-order valence-electron chi connectivity index (χ3n) is 2.60. The Hall–Kier alpha value is -1.01. The number of anilines is 1. The normalized spacial score (nSPS) is 11.2. The molecule has 0 saturated carbocycles. The maximum absolute atomic E-state index is 12.7. The van der Waals surface area contributed by atoms with Crippen LogP contribution in [0, 0.1) is 0 Å². The van der Waals surface area contributed by atoms with E-state index in [1.807, 2.05) is 0 Å². The van der Waals surface area contributed by atoms with Crippen LogP contribution in [0.5, 0.6) is 0 Å². The van der Waals surface area contributed by atoms with E-state index in [4.69, 9.17) is 23.8 Å². The molecule has 0 unspecified atom stereocenters. The Kier molecular flexibility index (Phi) is 6.55. The molecule has 0 heterocycles. The van der Waals surface area contributed by atoms with Gasteiger partial charge in [-0.15, -0.1) is 0 Å². The van der Waals surface area contributed by atoms with Gasteiger partial charge in [0.15, 0.2) is 5.11 Å². The van der Waals surface area contributed by atoms with Gasteiger partial charge in [0.2, 0.25) is 0 Å². The minimum atomic E-state index is -4.48. The Labute approximate surface area is 126 Å². The third-order valence-corrected chi connectivity index (χ3v) is 3.17. The first-order valence-electron chi connectivity index (χ1n) is 6.26. The van der Waals surface area contributed by atoms with Crippen molar-refractivity contribution in [3.8, 4) is 0 Å². The molecule has 0 fully saturated rings. The van der Waals surface area contributed by atoms with Crippen LogP contribution in [0.2, 0.25) is 5.02 Å². The van der Waals surface area contributed by atoms with E-state index in [2.05, 4.69) is 17.6 Å². The van der Waals surface area contributed by atoms with E-state index in [0.717, 1.165) is 25.3 Å². The molecule has 1 aromatic carbocycles. The summed E-state index contributed by atoms with van der Waals surface area (Å²) in [4.78, 5) is 0. The van der Waals surface area contributed by atoms with Crippen LogP contribution in [-0.4, -0.2) is 11.7 Å². The van der Waals surface area contributed by atoms with Crippen molar-refractivity contribution in [1.29, 1.82) is 0 Å². The number of hydrogen-bond donors (Lipinski definition) is 2. The number of nitrogens with one attached hydrogen (secondary N) is 2. The second-order valence-corrected chi connectivity index (χ2v) is 5.10. The number of hydrogen-bond acceptors (Lipinski definition) is 1. The fourth-order valence-electron chi connectivity index (χ4n) is 1.57. The van der Waals surface area contributed by atoms with Crippen LogP contribution >= 0.6 is 23.8 Å². The van der Waals surface area contributed by atoms with Gasteiger partial charge >= 0.3 is 6.18 Å². The van der Waals surface area contributed by atoms with E-state index in [0.29, 0.717) is 11.7 Å². The van der Waals surface area contributed by atoms with E-state index in [-0.39, 0.29) is 10.7 Å². The van der Waals surface area contributed by atoms with Crippen LogP contribution in [0.1, 0.15) is 31.7 Å². The predicted octanol–water partition coefficient (Wildman–Crippen LogP) is 4.84. The van der Waals surface area contributed by atoms with Gasteiger partial charge in [-0.2, -0.15) is 13.2 Å². The first-order valence-corrected chi connectivity index (χ1v) is 7.04. The van der Waals surface area contributed by atoms with Crippen LogP contribution in [-0.2, 0) is 6.18 Å². The van der Waals surface area contributed by atoms with Gasteiger partial charge in [-0.25, -0.2) is 0 Å². The second-order valence-electron chi connectivity index (χ2n) is 4.28. The van der Waals surface area contributed by atoms with Gasteiger partial charge in [-0.05, 0) is 36.8 Å². The van der Waals surface area contributed by atoms with E-state index in [1.165, 1.54) is 12.1 Å². The molecule has 1 aromatic rings. The van der Waals surface area contributed by atoms with E-state index < -0.39 is 11.7 Å². The molecular weight excluding hydrogens is 309 g/mol. The van der Waals surface area contributed by atoms with Crippen molar-refractivity contribution < 1.29 is 13.2 Å². The Bertz CT molecular complexity index is 463.